The largest absolute Gasteiger partial charge is 0.323 e. The molecule has 2 aromatic carbocycles. The summed E-state index contributed by atoms with van der Waals surface area (Å²) in [5.41, 5.74) is -0.382. The predicted octanol–water partition coefficient (Wildman–Crippen LogP) is 4.25. The number of aromatic nitrogens is 2. The highest BCUT2D eigenvalue weighted by Gasteiger charge is 2.12. The number of hydrogen-bond acceptors (Lipinski definition) is 3. The van der Waals surface area contributed by atoms with E-state index in [0.29, 0.717) is 6.07 Å². The Morgan fingerprint density at radius 2 is 1.82 bits per heavy atom. The van der Waals surface area contributed by atoms with Crippen LogP contribution in [0.3, 0.4) is 0 Å². The van der Waals surface area contributed by atoms with Crippen LogP contribution in [0.25, 0.3) is 10.9 Å². The number of nitrogens with one attached hydrogen (secondary N) is 2. The maximum absolute atomic E-state index is 13.6. The van der Waals surface area contributed by atoms with Crippen LogP contribution in [-0.4, -0.2) is 9.97 Å². The third kappa shape index (κ3) is 2.63. The molecule has 0 radical (unpaired) electrons. The molecule has 3 rings (SSSR count). The van der Waals surface area contributed by atoms with Gasteiger partial charge in [0.15, 0.2) is 0 Å². The Balaban J connectivity index is 2.13. The van der Waals surface area contributed by atoms with Gasteiger partial charge in [-0.25, -0.2) is 13.8 Å². The quantitative estimate of drug-likeness (QED) is 0.732. The van der Waals surface area contributed by atoms with Crippen LogP contribution < -0.4 is 10.9 Å². The fourth-order valence-electron chi connectivity index (χ4n) is 1.95. The number of rotatable bonds is 2. The lowest BCUT2D eigenvalue weighted by Crippen LogP contribution is -2.12. The molecule has 4 nitrogen and oxygen atoms in total. The van der Waals surface area contributed by atoms with Crippen LogP contribution in [0, 0.1) is 11.6 Å². The van der Waals surface area contributed by atoms with Gasteiger partial charge in [-0.2, -0.15) is 0 Å². The molecule has 22 heavy (non-hydrogen) atoms. The molecule has 0 aliphatic heterocycles. The Bertz CT molecular complexity index is 943. The highest BCUT2D eigenvalue weighted by Crippen LogP contribution is 2.27. The molecular weight excluding hydrogens is 335 g/mol. The van der Waals surface area contributed by atoms with E-state index in [1.165, 1.54) is 18.2 Å². The maximum atomic E-state index is 13.6. The molecule has 0 saturated carbocycles. The van der Waals surface area contributed by atoms with Gasteiger partial charge >= 0.3 is 0 Å². The Morgan fingerprint density at radius 1 is 1.09 bits per heavy atom. The van der Waals surface area contributed by atoms with E-state index in [4.69, 9.17) is 23.2 Å². The Hall–Kier alpha value is -2.18. The second-order valence-electron chi connectivity index (χ2n) is 4.42. The van der Waals surface area contributed by atoms with Crippen molar-refractivity contribution in [2.75, 3.05) is 5.32 Å². The first-order valence-corrected chi connectivity index (χ1v) is 6.81. The van der Waals surface area contributed by atoms with Crippen molar-refractivity contribution in [3.05, 3.63) is 62.4 Å². The number of aromatic amines is 1. The van der Waals surface area contributed by atoms with E-state index in [-0.39, 0.29) is 32.6 Å². The van der Waals surface area contributed by atoms with Crippen molar-refractivity contribution in [1.82, 2.24) is 9.97 Å². The topological polar surface area (TPSA) is 57.8 Å². The van der Waals surface area contributed by atoms with Gasteiger partial charge in [-0.15, -0.1) is 0 Å². The molecule has 0 bridgehead atoms. The summed E-state index contributed by atoms with van der Waals surface area (Å²) >= 11 is 12.0. The van der Waals surface area contributed by atoms with E-state index in [9.17, 15) is 13.6 Å². The minimum atomic E-state index is -0.820. The summed E-state index contributed by atoms with van der Waals surface area (Å²) < 4.78 is 26.5. The second kappa shape index (κ2) is 5.55. The Kier molecular flexibility index (Phi) is 3.72. The molecule has 3 aromatic rings. The lowest BCUT2D eigenvalue weighted by Gasteiger charge is -2.08. The molecule has 0 atom stereocenters. The Morgan fingerprint density at radius 3 is 2.55 bits per heavy atom. The van der Waals surface area contributed by atoms with Crippen LogP contribution in [-0.2, 0) is 0 Å². The minimum absolute atomic E-state index is 0.0350. The molecule has 2 N–H and O–H groups in total. The summed E-state index contributed by atoms with van der Waals surface area (Å²) in [7, 11) is 0. The smallest absolute Gasteiger partial charge is 0.261 e. The number of H-pyrrole nitrogens is 1. The molecule has 0 aliphatic rings. The molecule has 1 heterocycles. The molecule has 0 unspecified atom stereocenters. The van der Waals surface area contributed by atoms with Crippen molar-refractivity contribution in [3.63, 3.8) is 0 Å². The maximum Gasteiger partial charge on any atom is 0.261 e. The molecule has 1 aromatic heterocycles. The fraction of sp³-hybridized carbons (Fsp3) is 0. The van der Waals surface area contributed by atoms with E-state index in [1.807, 2.05) is 0 Å². The zero-order chi connectivity index (χ0) is 15.9. The van der Waals surface area contributed by atoms with Crippen LogP contribution in [0.15, 0.2) is 35.1 Å². The van der Waals surface area contributed by atoms with Gasteiger partial charge in [-0.3, -0.25) is 9.78 Å². The molecule has 0 fully saturated rings. The normalized spacial score (nSPS) is 10.9. The van der Waals surface area contributed by atoms with Gasteiger partial charge in [0.25, 0.3) is 5.56 Å². The van der Waals surface area contributed by atoms with Crippen LogP contribution in [0.1, 0.15) is 0 Å². The predicted molar refractivity (Wildman–Crippen MR) is 82.0 cm³/mol. The van der Waals surface area contributed by atoms with Crippen LogP contribution in [0.2, 0.25) is 10.0 Å². The first-order chi connectivity index (χ1) is 10.5. The molecule has 0 saturated heterocycles. The first kappa shape index (κ1) is 14.7. The van der Waals surface area contributed by atoms with E-state index in [2.05, 4.69) is 15.3 Å². The fourth-order valence-corrected chi connectivity index (χ4v) is 2.39. The van der Waals surface area contributed by atoms with Crippen molar-refractivity contribution in [2.24, 2.45) is 0 Å². The monoisotopic (exact) mass is 341 g/mol. The molecule has 0 amide bonds. The van der Waals surface area contributed by atoms with Gasteiger partial charge < -0.3 is 5.32 Å². The highest BCUT2D eigenvalue weighted by molar-refractivity contribution is 6.39. The van der Waals surface area contributed by atoms with Gasteiger partial charge in [0.1, 0.15) is 11.6 Å². The summed E-state index contributed by atoms with van der Waals surface area (Å²) in [6.45, 7) is 0. The van der Waals surface area contributed by atoms with E-state index in [1.54, 1.807) is 0 Å². The van der Waals surface area contributed by atoms with Crippen molar-refractivity contribution in [2.45, 2.75) is 0 Å². The van der Waals surface area contributed by atoms with Gasteiger partial charge in [0.2, 0.25) is 5.95 Å². The lowest BCUT2D eigenvalue weighted by molar-refractivity contribution is 0.586. The first-order valence-electron chi connectivity index (χ1n) is 6.06. The summed E-state index contributed by atoms with van der Waals surface area (Å²) in [6, 6.07) is 5.96. The molecule has 0 aliphatic carbocycles. The van der Waals surface area contributed by atoms with Gasteiger partial charge in [0, 0.05) is 6.07 Å². The van der Waals surface area contributed by atoms with E-state index in [0.717, 1.165) is 6.07 Å². The number of benzene rings is 2. The number of anilines is 2. The van der Waals surface area contributed by atoms with Crippen molar-refractivity contribution < 1.29 is 8.78 Å². The minimum Gasteiger partial charge on any atom is -0.323 e. The molecule has 0 spiro atoms. The zero-order valence-electron chi connectivity index (χ0n) is 10.8. The standard InChI is InChI=1S/C14H7Cl2F2N3O/c15-7-2-3-8(16)12-11(7)13(22)21-14(20-12)19-10-4-1-6(17)5-9(10)18/h1-5H,(H2,19,20,21,22). The average molecular weight is 342 g/mol. The van der Waals surface area contributed by atoms with Gasteiger partial charge in [-0.05, 0) is 24.3 Å². The third-order valence-corrected chi connectivity index (χ3v) is 3.56. The van der Waals surface area contributed by atoms with Crippen molar-refractivity contribution >= 4 is 45.7 Å². The molecular formula is C14H7Cl2F2N3O. The Labute approximate surface area is 132 Å². The summed E-state index contributed by atoms with van der Waals surface area (Å²) in [5, 5.41) is 3.14. The van der Waals surface area contributed by atoms with Crippen LogP contribution in [0.4, 0.5) is 20.4 Å². The van der Waals surface area contributed by atoms with Crippen LogP contribution in [0.5, 0.6) is 0 Å². The second-order valence-corrected chi connectivity index (χ2v) is 5.23. The van der Waals surface area contributed by atoms with Gasteiger partial charge in [-0.1, -0.05) is 23.2 Å². The summed E-state index contributed by atoms with van der Waals surface area (Å²) in [4.78, 5) is 18.6. The lowest BCUT2D eigenvalue weighted by atomic mass is 10.2. The number of hydrogen-bond donors (Lipinski definition) is 2. The van der Waals surface area contributed by atoms with Crippen LogP contribution >= 0.6 is 23.2 Å². The molecule has 112 valence electrons. The van der Waals surface area contributed by atoms with E-state index < -0.39 is 17.2 Å². The van der Waals surface area contributed by atoms with Crippen molar-refractivity contribution in [3.8, 4) is 0 Å². The summed E-state index contributed by atoms with van der Waals surface area (Å²) in [5.74, 6) is -1.56. The zero-order valence-corrected chi connectivity index (χ0v) is 12.3. The number of fused-ring (bicyclic) bond motifs is 1. The third-order valence-electron chi connectivity index (χ3n) is 2.94. The van der Waals surface area contributed by atoms with Crippen molar-refractivity contribution in [1.29, 1.82) is 0 Å². The summed E-state index contributed by atoms with van der Waals surface area (Å²) in [6.07, 6.45) is 0. The average Bonchev–Trinajstić information content (AvgIpc) is 2.46. The van der Waals surface area contributed by atoms with Gasteiger partial charge in [0.05, 0.1) is 26.6 Å². The number of nitrogens with zero attached hydrogens (tertiary/aromatic N) is 1. The van der Waals surface area contributed by atoms with E-state index >= 15 is 0 Å². The highest BCUT2D eigenvalue weighted by atomic mass is 35.5. The number of halogens is 4. The molecule has 8 heteroatoms. The SMILES string of the molecule is O=c1[nH]c(Nc2ccc(F)cc2F)nc2c(Cl)ccc(Cl)c12.